The Balaban J connectivity index is 1.92. The molecule has 0 saturated heterocycles. The number of nitrogens with one attached hydrogen (secondary N) is 2. The number of hydrogen-bond donors (Lipinski definition) is 4. The Morgan fingerprint density at radius 3 is 2.70 bits per heavy atom. The highest BCUT2D eigenvalue weighted by atomic mass is 19.1. The lowest BCUT2D eigenvalue weighted by atomic mass is 10.1. The van der Waals surface area contributed by atoms with Gasteiger partial charge in [0.1, 0.15) is 17.5 Å². The first-order chi connectivity index (χ1) is 13.0. The van der Waals surface area contributed by atoms with Crippen molar-refractivity contribution in [3.63, 3.8) is 0 Å². The van der Waals surface area contributed by atoms with E-state index in [1.807, 2.05) is 0 Å². The van der Waals surface area contributed by atoms with E-state index in [0.717, 1.165) is 5.56 Å². The number of nitrogens with zero attached hydrogens (tertiary/aromatic N) is 3. The molecule has 0 spiro atoms. The summed E-state index contributed by atoms with van der Waals surface area (Å²) in [7, 11) is 0. The molecule has 1 unspecified atom stereocenters. The minimum absolute atomic E-state index is 0.164. The number of benzene rings is 1. The minimum Gasteiger partial charge on any atom is -0.394 e. The SMILES string of the molecule is CC(C)c1cnn2c(NCc3ccccc3F)cc(NCC(O)CO)nc12. The molecule has 3 aromatic rings. The summed E-state index contributed by atoms with van der Waals surface area (Å²) in [5.41, 5.74) is 2.21. The second-order valence-corrected chi connectivity index (χ2v) is 6.68. The molecule has 0 bridgehead atoms. The Kier molecular flexibility index (Phi) is 5.88. The van der Waals surface area contributed by atoms with Crippen LogP contribution in [-0.2, 0) is 6.54 Å². The van der Waals surface area contributed by atoms with Gasteiger partial charge in [0.25, 0.3) is 0 Å². The van der Waals surface area contributed by atoms with Crippen LogP contribution in [0.4, 0.5) is 16.0 Å². The van der Waals surface area contributed by atoms with Crippen molar-refractivity contribution in [1.29, 1.82) is 0 Å². The molecular weight excluding hydrogens is 349 g/mol. The number of fused-ring (bicyclic) bond motifs is 1. The summed E-state index contributed by atoms with van der Waals surface area (Å²) in [6.07, 6.45) is 0.889. The van der Waals surface area contributed by atoms with E-state index in [9.17, 15) is 9.50 Å². The fraction of sp³-hybridized carbons (Fsp3) is 0.368. The van der Waals surface area contributed by atoms with Crippen LogP contribution in [0.3, 0.4) is 0 Å². The number of rotatable bonds is 8. The number of anilines is 2. The molecule has 144 valence electrons. The third-order valence-corrected chi connectivity index (χ3v) is 4.27. The normalized spacial score (nSPS) is 12.5. The molecular formula is C19H24FN5O2. The molecule has 2 aromatic heterocycles. The van der Waals surface area contributed by atoms with Crippen LogP contribution in [0.1, 0.15) is 30.9 Å². The van der Waals surface area contributed by atoms with Gasteiger partial charge in [-0.1, -0.05) is 32.0 Å². The van der Waals surface area contributed by atoms with Crippen molar-refractivity contribution >= 4 is 17.3 Å². The quantitative estimate of drug-likeness (QED) is 0.484. The van der Waals surface area contributed by atoms with Crippen molar-refractivity contribution in [2.45, 2.75) is 32.4 Å². The van der Waals surface area contributed by atoms with E-state index < -0.39 is 6.10 Å². The van der Waals surface area contributed by atoms with Crippen LogP contribution in [0.15, 0.2) is 36.5 Å². The first kappa shape index (κ1) is 19.1. The first-order valence-electron chi connectivity index (χ1n) is 8.88. The molecule has 2 heterocycles. The molecule has 7 nitrogen and oxygen atoms in total. The maximum absolute atomic E-state index is 13.9. The molecule has 0 saturated carbocycles. The average Bonchev–Trinajstić information content (AvgIpc) is 3.09. The number of hydrogen-bond acceptors (Lipinski definition) is 6. The highest BCUT2D eigenvalue weighted by Crippen LogP contribution is 2.24. The Labute approximate surface area is 156 Å². The predicted molar refractivity (Wildman–Crippen MR) is 102 cm³/mol. The van der Waals surface area contributed by atoms with Crippen molar-refractivity contribution in [2.24, 2.45) is 0 Å². The predicted octanol–water partition coefficient (Wildman–Crippen LogP) is 2.37. The topological polar surface area (TPSA) is 94.7 Å². The zero-order chi connectivity index (χ0) is 19.4. The fourth-order valence-electron chi connectivity index (χ4n) is 2.72. The van der Waals surface area contributed by atoms with Gasteiger partial charge < -0.3 is 20.8 Å². The summed E-state index contributed by atoms with van der Waals surface area (Å²) in [5.74, 6) is 1.14. The molecule has 1 atom stereocenters. The summed E-state index contributed by atoms with van der Waals surface area (Å²) in [6, 6.07) is 8.33. The molecule has 0 aliphatic carbocycles. The van der Waals surface area contributed by atoms with Gasteiger partial charge in [0.15, 0.2) is 5.65 Å². The molecule has 3 rings (SSSR count). The molecule has 0 fully saturated rings. The van der Waals surface area contributed by atoms with E-state index in [0.29, 0.717) is 29.4 Å². The summed E-state index contributed by atoms with van der Waals surface area (Å²) in [4.78, 5) is 4.58. The molecule has 4 N–H and O–H groups in total. The molecule has 1 aromatic carbocycles. The third kappa shape index (κ3) is 4.35. The van der Waals surface area contributed by atoms with Gasteiger partial charge in [0.2, 0.25) is 0 Å². The monoisotopic (exact) mass is 373 g/mol. The van der Waals surface area contributed by atoms with Crippen LogP contribution >= 0.6 is 0 Å². The number of halogens is 1. The summed E-state index contributed by atoms with van der Waals surface area (Å²) in [6.45, 7) is 4.23. The molecule has 0 radical (unpaired) electrons. The minimum atomic E-state index is -0.882. The molecule has 0 amide bonds. The van der Waals surface area contributed by atoms with Crippen molar-refractivity contribution in [3.8, 4) is 0 Å². The Hall–Kier alpha value is -2.71. The average molecular weight is 373 g/mol. The van der Waals surface area contributed by atoms with Gasteiger partial charge >= 0.3 is 0 Å². The molecule has 0 aliphatic rings. The molecule has 0 aliphatic heterocycles. The number of aromatic nitrogens is 3. The fourth-order valence-corrected chi connectivity index (χ4v) is 2.72. The van der Waals surface area contributed by atoms with Crippen molar-refractivity contribution in [3.05, 3.63) is 53.5 Å². The number of aliphatic hydroxyl groups is 2. The lowest BCUT2D eigenvalue weighted by molar-refractivity contribution is 0.105. The first-order valence-corrected chi connectivity index (χ1v) is 8.88. The van der Waals surface area contributed by atoms with E-state index in [2.05, 4.69) is 34.6 Å². The maximum atomic E-state index is 13.9. The zero-order valence-corrected chi connectivity index (χ0v) is 15.4. The van der Waals surface area contributed by atoms with Crippen LogP contribution in [0.2, 0.25) is 0 Å². The summed E-state index contributed by atoms with van der Waals surface area (Å²) < 4.78 is 15.6. The van der Waals surface area contributed by atoms with Gasteiger partial charge in [-0.25, -0.2) is 9.37 Å². The highest BCUT2D eigenvalue weighted by molar-refractivity contribution is 5.61. The maximum Gasteiger partial charge on any atom is 0.163 e. The highest BCUT2D eigenvalue weighted by Gasteiger charge is 2.15. The van der Waals surface area contributed by atoms with Crippen molar-refractivity contribution in [2.75, 3.05) is 23.8 Å². The van der Waals surface area contributed by atoms with Gasteiger partial charge in [-0.05, 0) is 12.0 Å². The zero-order valence-electron chi connectivity index (χ0n) is 15.4. The standard InChI is InChI=1S/C19H24FN5O2/c1-12(2)15-10-23-25-18(22-8-13-5-3-4-6-16(13)20)7-17(24-19(15)25)21-9-14(27)11-26/h3-7,10,12,14,22,26-27H,8-9,11H2,1-2H3,(H,21,24). The summed E-state index contributed by atoms with van der Waals surface area (Å²) in [5, 5.41) is 29.2. The Morgan fingerprint density at radius 1 is 1.22 bits per heavy atom. The van der Waals surface area contributed by atoms with Gasteiger partial charge in [0, 0.05) is 30.3 Å². The lowest BCUT2D eigenvalue weighted by Crippen LogP contribution is -2.23. The largest absolute Gasteiger partial charge is 0.394 e. The van der Waals surface area contributed by atoms with E-state index in [1.54, 1.807) is 35.0 Å². The summed E-state index contributed by atoms with van der Waals surface area (Å²) >= 11 is 0. The van der Waals surface area contributed by atoms with Gasteiger partial charge in [-0.3, -0.25) is 0 Å². The Bertz CT molecular complexity index is 912. The van der Waals surface area contributed by atoms with Crippen LogP contribution in [-0.4, -0.2) is 44.1 Å². The third-order valence-electron chi connectivity index (χ3n) is 4.27. The molecule has 27 heavy (non-hydrogen) atoms. The van der Waals surface area contributed by atoms with E-state index >= 15 is 0 Å². The van der Waals surface area contributed by atoms with Gasteiger partial charge in [0.05, 0.1) is 18.9 Å². The van der Waals surface area contributed by atoms with Crippen molar-refractivity contribution < 1.29 is 14.6 Å². The van der Waals surface area contributed by atoms with Gasteiger partial charge in [-0.15, -0.1) is 0 Å². The smallest absolute Gasteiger partial charge is 0.163 e. The lowest BCUT2D eigenvalue weighted by Gasteiger charge is -2.14. The van der Waals surface area contributed by atoms with Crippen LogP contribution < -0.4 is 10.6 Å². The molecule has 8 heteroatoms. The second kappa shape index (κ2) is 8.32. The van der Waals surface area contributed by atoms with Crippen LogP contribution in [0.5, 0.6) is 0 Å². The van der Waals surface area contributed by atoms with Crippen LogP contribution in [0.25, 0.3) is 5.65 Å². The van der Waals surface area contributed by atoms with Crippen molar-refractivity contribution in [1.82, 2.24) is 14.6 Å². The number of aliphatic hydroxyl groups excluding tert-OH is 2. The van der Waals surface area contributed by atoms with Crippen LogP contribution in [0, 0.1) is 5.82 Å². The van der Waals surface area contributed by atoms with Gasteiger partial charge in [-0.2, -0.15) is 9.61 Å². The van der Waals surface area contributed by atoms with E-state index in [4.69, 9.17) is 5.11 Å². The second-order valence-electron chi connectivity index (χ2n) is 6.68. The Morgan fingerprint density at radius 2 is 2.00 bits per heavy atom. The van der Waals surface area contributed by atoms with E-state index in [1.165, 1.54) is 6.07 Å². The van der Waals surface area contributed by atoms with E-state index in [-0.39, 0.29) is 24.9 Å².